The molecule has 0 amide bonds. The van der Waals surface area contributed by atoms with Gasteiger partial charge in [-0.2, -0.15) is 0 Å². The van der Waals surface area contributed by atoms with Crippen LogP contribution in [0.25, 0.3) is 0 Å². The third-order valence-electron chi connectivity index (χ3n) is 2.53. The van der Waals surface area contributed by atoms with Crippen LogP contribution in [0, 0.1) is 11.8 Å². The van der Waals surface area contributed by atoms with Crippen LogP contribution in [0.5, 0.6) is 0 Å². The molecule has 0 N–H and O–H groups in total. The van der Waals surface area contributed by atoms with Gasteiger partial charge in [0.05, 0.1) is 0 Å². The Morgan fingerprint density at radius 2 is 2.33 bits per heavy atom. The summed E-state index contributed by atoms with van der Waals surface area (Å²) >= 11 is 0. The first-order valence-corrected chi connectivity index (χ1v) is 3.79. The van der Waals surface area contributed by atoms with Gasteiger partial charge in [0.2, 0.25) is 0 Å². The third-order valence-corrected chi connectivity index (χ3v) is 2.53. The quantitative estimate of drug-likeness (QED) is 0.466. The van der Waals surface area contributed by atoms with E-state index < -0.39 is 0 Å². The van der Waals surface area contributed by atoms with Crippen molar-refractivity contribution in [1.82, 2.24) is 0 Å². The molecule has 0 aromatic heterocycles. The van der Waals surface area contributed by atoms with Crippen LogP contribution in [0.1, 0.15) is 26.7 Å². The van der Waals surface area contributed by atoms with Gasteiger partial charge >= 0.3 is 0 Å². The van der Waals surface area contributed by atoms with Gasteiger partial charge in [-0.1, -0.05) is 6.92 Å². The lowest BCUT2D eigenvalue weighted by Crippen LogP contribution is -1.78. The van der Waals surface area contributed by atoms with Crippen molar-refractivity contribution in [1.29, 1.82) is 0 Å². The monoisotopic (exact) mass is 120 g/mol. The third kappa shape index (κ3) is 0.601. The maximum atomic E-state index is 3.44. The van der Waals surface area contributed by atoms with Gasteiger partial charge in [-0.05, 0) is 42.7 Å². The standard InChI is InChI=1S/C9H12/c1-3-7-4-6(2)8-5-9(7)8/h8-9H,3,5H2,1-2H3. The minimum atomic E-state index is 0.931. The van der Waals surface area contributed by atoms with Gasteiger partial charge in [0, 0.05) is 0 Å². The minimum absolute atomic E-state index is 0.931. The molecule has 2 rings (SSSR count). The second-order valence-electron chi connectivity index (χ2n) is 3.14. The SMILES string of the molecule is CCC1=C=C(C)C2CC12. The van der Waals surface area contributed by atoms with Crippen LogP contribution in [-0.2, 0) is 0 Å². The number of rotatable bonds is 1. The predicted octanol–water partition coefficient (Wildman–Crippen LogP) is 2.52. The van der Waals surface area contributed by atoms with Gasteiger partial charge < -0.3 is 0 Å². The van der Waals surface area contributed by atoms with Gasteiger partial charge in [-0.3, -0.25) is 0 Å². The minimum Gasteiger partial charge on any atom is -0.122 e. The zero-order valence-electron chi connectivity index (χ0n) is 6.07. The van der Waals surface area contributed by atoms with Gasteiger partial charge in [0.15, 0.2) is 0 Å². The van der Waals surface area contributed by atoms with E-state index in [2.05, 4.69) is 19.6 Å². The molecule has 0 spiro atoms. The van der Waals surface area contributed by atoms with Crippen molar-refractivity contribution in [3.05, 3.63) is 16.9 Å². The Morgan fingerprint density at radius 1 is 1.56 bits per heavy atom. The normalized spacial score (nSPS) is 37.6. The van der Waals surface area contributed by atoms with E-state index in [0.29, 0.717) is 0 Å². The Morgan fingerprint density at radius 3 is 2.56 bits per heavy atom. The molecule has 2 unspecified atom stereocenters. The van der Waals surface area contributed by atoms with Crippen LogP contribution in [0.3, 0.4) is 0 Å². The zero-order chi connectivity index (χ0) is 6.43. The molecule has 0 bridgehead atoms. The number of hydrogen-bond acceptors (Lipinski definition) is 0. The summed E-state index contributed by atoms with van der Waals surface area (Å²) in [6.07, 6.45) is 2.65. The molecule has 9 heavy (non-hydrogen) atoms. The fourth-order valence-corrected chi connectivity index (χ4v) is 1.85. The van der Waals surface area contributed by atoms with E-state index in [4.69, 9.17) is 0 Å². The summed E-state index contributed by atoms with van der Waals surface area (Å²) < 4.78 is 0. The first-order chi connectivity index (χ1) is 4.33. The summed E-state index contributed by atoms with van der Waals surface area (Å²) in [5.74, 6) is 1.87. The second-order valence-corrected chi connectivity index (χ2v) is 3.14. The Labute approximate surface area is 56.3 Å². The second kappa shape index (κ2) is 1.52. The molecule has 48 valence electrons. The molecule has 0 radical (unpaired) electrons. The molecule has 1 saturated carbocycles. The molecule has 0 aromatic rings. The molecule has 2 aliphatic rings. The van der Waals surface area contributed by atoms with E-state index in [1.54, 1.807) is 5.57 Å². The highest BCUT2D eigenvalue weighted by molar-refractivity contribution is 5.31. The van der Waals surface area contributed by atoms with Crippen LogP contribution in [-0.4, -0.2) is 0 Å². The Balaban J connectivity index is 2.30. The molecule has 0 nitrogen and oxygen atoms in total. The van der Waals surface area contributed by atoms with Crippen LogP contribution in [0.2, 0.25) is 0 Å². The van der Waals surface area contributed by atoms with Crippen molar-refractivity contribution in [2.45, 2.75) is 26.7 Å². The molecular weight excluding hydrogens is 108 g/mol. The Bertz CT molecular complexity index is 204. The molecule has 1 fully saturated rings. The van der Waals surface area contributed by atoms with E-state index >= 15 is 0 Å². The number of fused-ring (bicyclic) bond motifs is 1. The summed E-state index contributed by atoms with van der Waals surface area (Å²) in [5.41, 5.74) is 6.53. The van der Waals surface area contributed by atoms with Crippen LogP contribution in [0.4, 0.5) is 0 Å². The summed E-state index contributed by atoms with van der Waals surface area (Å²) in [6.45, 7) is 4.45. The summed E-state index contributed by atoms with van der Waals surface area (Å²) in [6, 6.07) is 0. The molecule has 0 aromatic carbocycles. The van der Waals surface area contributed by atoms with E-state index in [0.717, 1.165) is 11.8 Å². The smallest absolute Gasteiger partial charge is 0.00492 e. The van der Waals surface area contributed by atoms with Crippen molar-refractivity contribution >= 4 is 0 Å². The average molecular weight is 120 g/mol. The molecule has 2 aliphatic carbocycles. The van der Waals surface area contributed by atoms with E-state index in [-0.39, 0.29) is 0 Å². The van der Waals surface area contributed by atoms with E-state index in [1.165, 1.54) is 18.4 Å². The highest BCUT2D eigenvalue weighted by atomic mass is 14.5. The van der Waals surface area contributed by atoms with E-state index in [9.17, 15) is 0 Å². The Kier molecular flexibility index (Phi) is 0.896. The van der Waals surface area contributed by atoms with Gasteiger partial charge in [-0.15, -0.1) is 5.73 Å². The van der Waals surface area contributed by atoms with Crippen molar-refractivity contribution in [3.8, 4) is 0 Å². The fourth-order valence-electron chi connectivity index (χ4n) is 1.85. The van der Waals surface area contributed by atoms with Gasteiger partial charge in [-0.25, -0.2) is 0 Å². The largest absolute Gasteiger partial charge is 0.122 e. The van der Waals surface area contributed by atoms with Crippen LogP contribution < -0.4 is 0 Å². The molecule has 0 heteroatoms. The maximum absolute atomic E-state index is 3.44. The van der Waals surface area contributed by atoms with Crippen molar-refractivity contribution in [2.75, 3.05) is 0 Å². The van der Waals surface area contributed by atoms with Gasteiger partial charge in [0.1, 0.15) is 0 Å². The highest BCUT2D eigenvalue weighted by Gasteiger charge is 2.43. The average Bonchev–Trinajstić information content (AvgIpc) is 2.56. The topological polar surface area (TPSA) is 0 Å². The lowest BCUT2D eigenvalue weighted by molar-refractivity contribution is 0.875. The summed E-state index contributed by atoms with van der Waals surface area (Å²) in [4.78, 5) is 0. The Hall–Kier alpha value is -0.480. The van der Waals surface area contributed by atoms with Crippen molar-refractivity contribution in [3.63, 3.8) is 0 Å². The molecular formula is C9H12. The fraction of sp³-hybridized carbons (Fsp3) is 0.667. The lowest BCUT2D eigenvalue weighted by Gasteiger charge is -1.90. The first kappa shape index (κ1) is 5.32. The van der Waals surface area contributed by atoms with Crippen molar-refractivity contribution < 1.29 is 0 Å². The first-order valence-electron chi connectivity index (χ1n) is 3.79. The van der Waals surface area contributed by atoms with Crippen LogP contribution in [0.15, 0.2) is 16.9 Å². The number of hydrogen-bond donors (Lipinski definition) is 0. The number of allylic oxidation sites excluding steroid dienone is 1. The van der Waals surface area contributed by atoms with Gasteiger partial charge in [0.25, 0.3) is 0 Å². The maximum Gasteiger partial charge on any atom is -0.00492 e. The molecule has 0 saturated heterocycles. The molecule has 2 atom stereocenters. The summed E-state index contributed by atoms with van der Waals surface area (Å²) in [5, 5.41) is 0. The highest BCUT2D eigenvalue weighted by Crippen LogP contribution is 2.52. The predicted molar refractivity (Wildman–Crippen MR) is 38.1 cm³/mol. The lowest BCUT2D eigenvalue weighted by atomic mass is 10.1. The molecule has 0 aliphatic heterocycles. The van der Waals surface area contributed by atoms with E-state index in [1.807, 2.05) is 0 Å². The molecule has 0 heterocycles. The van der Waals surface area contributed by atoms with Crippen molar-refractivity contribution in [2.24, 2.45) is 11.8 Å². The summed E-state index contributed by atoms with van der Waals surface area (Å²) in [7, 11) is 0. The van der Waals surface area contributed by atoms with Crippen LogP contribution >= 0.6 is 0 Å². The zero-order valence-corrected chi connectivity index (χ0v) is 6.07.